The number of piperazine rings is 1. The number of sulfonamides is 1. The summed E-state index contributed by atoms with van der Waals surface area (Å²) in [5.41, 5.74) is 0. The number of hydrogen-bond acceptors (Lipinski definition) is 5. The quantitative estimate of drug-likeness (QED) is 0.617. The van der Waals surface area contributed by atoms with E-state index in [1.807, 2.05) is 5.38 Å². The normalized spacial score (nSPS) is 15.6. The zero-order valence-electron chi connectivity index (χ0n) is 14.8. The summed E-state index contributed by atoms with van der Waals surface area (Å²) in [5.74, 6) is -0.194. The van der Waals surface area contributed by atoms with Crippen LogP contribution < -0.4 is 0 Å². The third kappa shape index (κ3) is 4.75. The average molecular weight is 461 g/mol. The molecule has 10 heteroatoms. The average Bonchev–Trinajstić information content (AvgIpc) is 3.23. The Labute approximate surface area is 177 Å². The zero-order chi connectivity index (χ0) is 20.3. The van der Waals surface area contributed by atoms with Crippen LogP contribution in [0.3, 0.4) is 0 Å². The third-order valence-corrected chi connectivity index (χ3v) is 8.03. The maximum atomic E-state index is 12.8. The number of thiophene rings is 1. The van der Waals surface area contributed by atoms with E-state index in [0.29, 0.717) is 4.88 Å². The molecule has 0 bridgehead atoms. The topological polar surface area (TPSA) is 74.8 Å². The fourth-order valence-electron chi connectivity index (χ4n) is 2.90. The Morgan fingerprint density at radius 1 is 1.00 bits per heavy atom. The first-order chi connectivity index (χ1) is 13.3. The summed E-state index contributed by atoms with van der Waals surface area (Å²) in [6.07, 6.45) is 0.275. The van der Waals surface area contributed by atoms with Crippen molar-refractivity contribution >= 4 is 56.3 Å². The van der Waals surface area contributed by atoms with Crippen LogP contribution in [0.25, 0.3) is 0 Å². The lowest BCUT2D eigenvalue weighted by Crippen LogP contribution is -2.50. The van der Waals surface area contributed by atoms with Gasteiger partial charge in [-0.2, -0.15) is 4.31 Å². The molecular formula is C18H18Cl2N2O4S2. The SMILES string of the molecule is O=C(CCC(=O)N1CCN(S(=O)(=O)c2ccc(Cl)c(Cl)c2)CC1)c1cccs1. The fraction of sp³-hybridized carbons (Fsp3) is 0.333. The van der Waals surface area contributed by atoms with Crippen molar-refractivity contribution < 1.29 is 18.0 Å². The molecule has 1 fully saturated rings. The molecule has 0 aliphatic carbocycles. The Morgan fingerprint density at radius 3 is 2.32 bits per heavy atom. The standard InChI is InChI=1S/C18H18Cl2N2O4S2/c19-14-4-3-13(12-15(14)20)28(25,26)22-9-7-21(8-10-22)18(24)6-5-16(23)17-2-1-11-27-17/h1-4,11-12H,5-10H2. The van der Waals surface area contributed by atoms with Gasteiger partial charge >= 0.3 is 0 Å². The molecule has 28 heavy (non-hydrogen) atoms. The van der Waals surface area contributed by atoms with E-state index in [1.54, 1.807) is 17.0 Å². The van der Waals surface area contributed by atoms with Crippen molar-refractivity contribution in [1.82, 2.24) is 9.21 Å². The number of rotatable bonds is 6. The summed E-state index contributed by atoms with van der Waals surface area (Å²) in [6.45, 7) is 0.944. The number of nitrogens with zero attached hydrogens (tertiary/aromatic N) is 2. The van der Waals surface area contributed by atoms with Gasteiger partial charge in [-0.1, -0.05) is 29.3 Å². The minimum atomic E-state index is -3.71. The highest BCUT2D eigenvalue weighted by Crippen LogP contribution is 2.27. The highest BCUT2D eigenvalue weighted by atomic mass is 35.5. The van der Waals surface area contributed by atoms with Crippen LogP contribution in [0.1, 0.15) is 22.5 Å². The Balaban J connectivity index is 1.55. The summed E-state index contributed by atoms with van der Waals surface area (Å²) in [5, 5.41) is 2.28. The predicted molar refractivity (Wildman–Crippen MR) is 110 cm³/mol. The molecule has 0 atom stereocenters. The number of halogens is 2. The number of benzene rings is 1. The van der Waals surface area contributed by atoms with Crippen molar-refractivity contribution in [2.24, 2.45) is 0 Å². The largest absolute Gasteiger partial charge is 0.340 e. The third-order valence-electron chi connectivity index (χ3n) is 4.48. The van der Waals surface area contributed by atoms with E-state index in [-0.39, 0.29) is 65.7 Å². The Hall–Kier alpha value is -1.45. The van der Waals surface area contributed by atoms with Gasteiger partial charge in [-0.25, -0.2) is 8.42 Å². The second-order valence-corrected chi connectivity index (χ2v) is 9.96. The van der Waals surface area contributed by atoms with Gasteiger partial charge in [0.2, 0.25) is 15.9 Å². The molecule has 3 rings (SSSR count). The summed E-state index contributed by atoms with van der Waals surface area (Å²) < 4.78 is 26.8. The van der Waals surface area contributed by atoms with Gasteiger partial charge in [0.15, 0.2) is 5.78 Å². The van der Waals surface area contributed by atoms with Gasteiger partial charge in [0.25, 0.3) is 0 Å². The van der Waals surface area contributed by atoms with Crippen LogP contribution in [-0.4, -0.2) is 55.5 Å². The first-order valence-electron chi connectivity index (χ1n) is 8.59. The lowest BCUT2D eigenvalue weighted by molar-refractivity contribution is -0.132. The van der Waals surface area contributed by atoms with Crippen LogP contribution in [0.2, 0.25) is 10.0 Å². The molecule has 1 saturated heterocycles. The molecule has 6 nitrogen and oxygen atoms in total. The van der Waals surface area contributed by atoms with Crippen LogP contribution >= 0.6 is 34.5 Å². The molecule has 2 aromatic rings. The van der Waals surface area contributed by atoms with E-state index in [4.69, 9.17) is 23.2 Å². The van der Waals surface area contributed by atoms with Gasteiger partial charge < -0.3 is 4.90 Å². The molecule has 0 saturated carbocycles. The second kappa shape index (κ2) is 8.92. The minimum absolute atomic E-state index is 0.0517. The molecule has 150 valence electrons. The first kappa shape index (κ1) is 21.3. The van der Waals surface area contributed by atoms with Crippen molar-refractivity contribution in [3.8, 4) is 0 Å². The highest BCUT2D eigenvalue weighted by Gasteiger charge is 2.30. The monoisotopic (exact) mass is 460 g/mol. The van der Waals surface area contributed by atoms with E-state index in [9.17, 15) is 18.0 Å². The van der Waals surface area contributed by atoms with Crippen LogP contribution in [0.5, 0.6) is 0 Å². The van der Waals surface area contributed by atoms with Crippen molar-refractivity contribution in [2.45, 2.75) is 17.7 Å². The molecular weight excluding hydrogens is 443 g/mol. The van der Waals surface area contributed by atoms with Gasteiger partial charge in [0, 0.05) is 39.0 Å². The molecule has 2 heterocycles. The van der Waals surface area contributed by atoms with Crippen LogP contribution in [-0.2, 0) is 14.8 Å². The lowest BCUT2D eigenvalue weighted by Gasteiger charge is -2.34. The predicted octanol–water partition coefficient (Wildman–Crippen LogP) is 3.55. The first-order valence-corrected chi connectivity index (χ1v) is 11.7. The summed E-state index contributed by atoms with van der Waals surface area (Å²) in [7, 11) is -3.71. The van der Waals surface area contributed by atoms with Gasteiger partial charge in [-0.05, 0) is 29.6 Å². The zero-order valence-corrected chi connectivity index (χ0v) is 18.0. The van der Waals surface area contributed by atoms with Crippen LogP contribution in [0, 0.1) is 0 Å². The number of carbonyl (C=O) groups is 2. The Kier molecular flexibility index (Phi) is 6.77. The number of Topliss-reactive ketones (excluding diaryl/α,β-unsaturated/α-hetero) is 1. The van der Waals surface area contributed by atoms with Crippen molar-refractivity contribution in [3.63, 3.8) is 0 Å². The maximum absolute atomic E-state index is 12.8. The molecule has 0 spiro atoms. The fourth-order valence-corrected chi connectivity index (χ4v) is 5.41. The van der Waals surface area contributed by atoms with E-state index >= 15 is 0 Å². The van der Waals surface area contributed by atoms with Crippen molar-refractivity contribution in [3.05, 3.63) is 50.6 Å². The number of carbonyl (C=O) groups excluding carboxylic acids is 2. The van der Waals surface area contributed by atoms with E-state index in [1.165, 1.54) is 33.8 Å². The minimum Gasteiger partial charge on any atom is -0.340 e. The smallest absolute Gasteiger partial charge is 0.243 e. The van der Waals surface area contributed by atoms with Crippen LogP contribution in [0.4, 0.5) is 0 Å². The molecule has 1 amide bonds. The lowest BCUT2D eigenvalue weighted by atomic mass is 10.1. The molecule has 1 aromatic heterocycles. The van der Waals surface area contributed by atoms with Gasteiger partial charge in [0.1, 0.15) is 0 Å². The number of ketones is 1. The maximum Gasteiger partial charge on any atom is 0.243 e. The van der Waals surface area contributed by atoms with E-state index < -0.39 is 10.0 Å². The van der Waals surface area contributed by atoms with Gasteiger partial charge in [-0.3, -0.25) is 9.59 Å². The Morgan fingerprint density at radius 2 is 1.71 bits per heavy atom. The van der Waals surface area contributed by atoms with E-state index in [2.05, 4.69) is 0 Å². The molecule has 0 unspecified atom stereocenters. The van der Waals surface area contributed by atoms with Crippen LogP contribution in [0.15, 0.2) is 40.6 Å². The number of amides is 1. The molecule has 1 aromatic carbocycles. The molecule has 1 aliphatic rings. The van der Waals surface area contributed by atoms with Crippen molar-refractivity contribution in [1.29, 1.82) is 0 Å². The second-order valence-electron chi connectivity index (χ2n) is 6.26. The van der Waals surface area contributed by atoms with Gasteiger partial charge in [0.05, 0.1) is 19.8 Å². The van der Waals surface area contributed by atoms with Crippen molar-refractivity contribution in [2.75, 3.05) is 26.2 Å². The van der Waals surface area contributed by atoms with E-state index in [0.717, 1.165) is 0 Å². The summed E-state index contributed by atoms with van der Waals surface area (Å²) >= 11 is 13.1. The summed E-state index contributed by atoms with van der Waals surface area (Å²) in [4.78, 5) is 26.7. The summed E-state index contributed by atoms with van der Waals surface area (Å²) in [6, 6.07) is 7.72. The van der Waals surface area contributed by atoms with Gasteiger partial charge in [-0.15, -0.1) is 11.3 Å². The Bertz CT molecular complexity index is 969. The number of hydrogen-bond donors (Lipinski definition) is 0. The highest BCUT2D eigenvalue weighted by molar-refractivity contribution is 7.89. The molecule has 0 radical (unpaired) electrons. The molecule has 0 N–H and O–H groups in total. The molecule has 1 aliphatic heterocycles.